The molecule has 0 aromatic heterocycles. The van der Waals surface area contributed by atoms with Crippen LogP contribution in [0.5, 0.6) is 0 Å². The molecule has 0 bridgehead atoms. The van der Waals surface area contributed by atoms with Crippen LogP contribution in [0.15, 0.2) is 34.2 Å². The van der Waals surface area contributed by atoms with Gasteiger partial charge in [-0.25, -0.2) is 13.2 Å². The molecule has 8 nitrogen and oxygen atoms in total. The monoisotopic (exact) mass is 381 g/mol. The second-order valence-electron chi connectivity index (χ2n) is 6.35. The van der Waals surface area contributed by atoms with Crippen molar-refractivity contribution in [2.75, 3.05) is 13.7 Å². The van der Waals surface area contributed by atoms with Crippen LogP contribution in [0.1, 0.15) is 32.3 Å². The Morgan fingerprint density at radius 3 is 2.62 bits per heavy atom. The van der Waals surface area contributed by atoms with Gasteiger partial charge in [0, 0.05) is 12.0 Å². The molecule has 2 rings (SSSR count). The van der Waals surface area contributed by atoms with Gasteiger partial charge in [0.25, 0.3) is 10.0 Å². The predicted octanol–water partition coefficient (Wildman–Crippen LogP) is 0.819. The minimum absolute atomic E-state index is 0.0268. The number of benzene rings is 1. The smallest absolute Gasteiger partial charge is 0.328 e. The average molecular weight is 381 g/mol. The molecule has 0 aliphatic carbocycles. The Bertz CT molecular complexity index is 817. The van der Waals surface area contributed by atoms with Gasteiger partial charge >= 0.3 is 5.97 Å². The Kier molecular flexibility index (Phi) is 6.36. The molecule has 0 saturated heterocycles. The van der Waals surface area contributed by atoms with Crippen molar-refractivity contribution in [3.63, 3.8) is 0 Å². The fraction of sp³-hybridized carbons (Fsp3) is 0.471. The number of ether oxygens (including phenoxy) is 1. The van der Waals surface area contributed by atoms with Crippen LogP contribution in [0.25, 0.3) is 0 Å². The summed E-state index contributed by atoms with van der Waals surface area (Å²) in [6, 6.07) is 5.81. The first-order chi connectivity index (χ1) is 12.2. The molecule has 1 heterocycles. The van der Waals surface area contributed by atoms with E-state index in [0.29, 0.717) is 12.0 Å². The number of fused-ring (bicyclic) bond motifs is 1. The Hall–Kier alpha value is -2.42. The van der Waals surface area contributed by atoms with Crippen LogP contribution >= 0.6 is 0 Å². The minimum atomic E-state index is -3.60. The summed E-state index contributed by atoms with van der Waals surface area (Å²) in [4.78, 5) is 28.2. The van der Waals surface area contributed by atoms with Crippen molar-refractivity contribution in [1.29, 1.82) is 0 Å². The van der Waals surface area contributed by atoms with Gasteiger partial charge in [-0.2, -0.15) is 0 Å². The fourth-order valence-corrected chi connectivity index (χ4v) is 3.87. The standard InChI is InChI=1S/C17H23N3O5S/c1-11(2)10-13(17(22)25-3)19-15(21)8-9-18-16-12-6-4-5-7-14(12)26(23,24)20-16/h4-7,11,13H,8-10H2,1-3H3,(H,18,20)(H,19,21). The number of nitrogens with zero attached hydrogens (tertiary/aromatic N) is 1. The number of carbonyl (C=O) groups is 2. The molecule has 142 valence electrons. The summed E-state index contributed by atoms with van der Waals surface area (Å²) in [5, 5.41) is 2.64. The first-order valence-electron chi connectivity index (χ1n) is 8.28. The molecule has 0 fully saturated rings. The molecule has 1 amide bonds. The maximum Gasteiger partial charge on any atom is 0.328 e. The van der Waals surface area contributed by atoms with Crippen LogP contribution in [0.4, 0.5) is 0 Å². The van der Waals surface area contributed by atoms with Crippen molar-refractivity contribution in [2.45, 2.75) is 37.6 Å². The summed E-state index contributed by atoms with van der Waals surface area (Å²) in [5.41, 5.74) is 0.486. The zero-order valence-electron chi connectivity index (χ0n) is 15.0. The lowest BCUT2D eigenvalue weighted by atomic mass is 10.0. The number of hydrogen-bond acceptors (Lipinski definition) is 6. The number of amides is 1. The van der Waals surface area contributed by atoms with Crippen molar-refractivity contribution in [1.82, 2.24) is 10.0 Å². The van der Waals surface area contributed by atoms with Crippen molar-refractivity contribution in [2.24, 2.45) is 10.9 Å². The van der Waals surface area contributed by atoms with E-state index in [2.05, 4.69) is 15.0 Å². The van der Waals surface area contributed by atoms with Crippen LogP contribution in [-0.4, -0.2) is 45.8 Å². The van der Waals surface area contributed by atoms with Crippen LogP contribution < -0.4 is 10.0 Å². The molecule has 1 atom stereocenters. The second-order valence-corrected chi connectivity index (χ2v) is 8.01. The molecule has 0 radical (unpaired) electrons. The highest BCUT2D eigenvalue weighted by molar-refractivity contribution is 7.90. The quantitative estimate of drug-likeness (QED) is 0.679. The second kappa shape index (κ2) is 8.31. The summed E-state index contributed by atoms with van der Waals surface area (Å²) < 4.78 is 31.1. The summed E-state index contributed by atoms with van der Waals surface area (Å²) in [7, 11) is -2.32. The highest BCUT2D eigenvalue weighted by Gasteiger charge is 2.30. The normalized spacial score (nSPS) is 17.5. The summed E-state index contributed by atoms with van der Waals surface area (Å²) in [5.74, 6) is -0.403. The van der Waals surface area contributed by atoms with Gasteiger partial charge in [-0.15, -0.1) is 0 Å². The third-order valence-electron chi connectivity index (χ3n) is 3.80. The van der Waals surface area contributed by atoms with Crippen LogP contribution in [-0.2, 0) is 24.3 Å². The lowest BCUT2D eigenvalue weighted by Gasteiger charge is -2.18. The number of methoxy groups -OCH3 is 1. The van der Waals surface area contributed by atoms with Gasteiger partial charge in [-0.1, -0.05) is 26.0 Å². The van der Waals surface area contributed by atoms with E-state index in [1.807, 2.05) is 13.8 Å². The molecule has 1 aromatic rings. The van der Waals surface area contributed by atoms with Gasteiger partial charge < -0.3 is 10.1 Å². The van der Waals surface area contributed by atoms with Gasteiger partial charge in [0.15, 0.2) is 0 Å². The SMILES string of the molecule is COC(=O)C(CC(C)C)NC(=O)CCN=C1NS(=O)(=O)c2ccccc21. The first-order valence-corrected chi connectivity index (χ1v) is 9.76. The van der Waals surface area contributed by atoms with Gasteiger partial charge in [-0.3, -0.25) is 14.5 Å². The third kappa shape index (κ3) is 4.81. The molecule has 1 aromatic carbocycles. The molecule has 0 spiro atoms. The third-order valence-corrected chi connectivity index (χ3v) is 5.20. The molecule has 9 heteroatoms. The van der Waals surface area contributed by atoms with E-state index in [1.165, 1.54) is 13.2 Å². The van der Waals surface area contributed by atoms with Gasteiger partial charge in [-0.05, 0) is 24.5 Å². The number of amidine groups is 1. The lowest BCUT2D eigenvalue weighted by Crippen LogP contribution is -2.42. The van der Waals surface area contributed by atoms with E-state index in [0.717, 1.165) is 0 Å². The Morgan fingerprint density at radius 1 is 1.27 bits per heavy atom. The van der Waals surface area contributed by atoms with E-state index in [1.54, 1.807) is 18.2 Å². The number of carbonyl (C=O) groups excluding carboxylic acids is 2. The van der Waals surface area contributed by atoms with Gasteiger partial charge in [0.2, 0.25) is 5.91 Å². The number of esters is 1. The van der Waals surface area contributed by atoms with Crippen LogP contribution in [0, 0.1) is 5.92 Å². The maximum atomic E-state index is 12.1. The van der Waals surface area contributed by atoms with E-state index < -0.39 is 22.0 Å². The Morgan fingerprint density at radius 2 is 1.96 bits per heavy atom. The zero-order valence-corrected chi connectivity index (χ0v) is 15.8. The molecular weight excluding hydrogens is 358 g/mol. The minimum Gasteiger partial charge on any atom is -0.467 e. The van der Waals surface area contributed by atoms with Crippen molar-refractivity contribution in [3.05, 3.63) is 29.8 Å². The maximum absolute atomic E-state index is 12.1. The Balaban J connectivity index is 1.98. The number of sulfonamides is 1. The molecule has 26 heavy (non-hydrogen) atoms. The van der Waals surface area contributed by atoms with E-state index >= 15 is 0 Å². The van der Waals surface area contributed by atoms with E-state index in [9.17, 15) is 18.0 Å². The number of nitrogens with one attached hydrogen (secondary N) is 2. The lowest BCUT2D eigenvalue weighted by molar-refractivity contribution is -0.145. The molecular formula is C17H23N3O5S. The molecule has 0 saturated carbocycles. The van der Waals surface area contributed by atoms with Crippen molar-refractivity contribution < 1.29 is 22.7 Å². The molecule has 1 unspecified atom stereocenters. The largest absolute Gasteiger partial charge is 0.467 e. The fourth-order valence-electron chi connectivity index (χ4n) is 2.61. The van der Waals surface area contributed by atoms with E-state index in [-0.39, 0.29) is 35.5 Å². The zero-order chi connectivity index (χ0) is 19.3. The van der Waals surface area contributed by atoms with E-state index in [4.69, 9.17) is 4.74 Å². The highest BCUT2D eigenvalue weighted by atomic mass is 32.2. The van der Waals surface area contributed by atoms with Crippen molar-refractivity contribution in [3.8, 4) is 0 Å². The predicted molar refractivity (Wildman–Crippen MR) is 96.2 cm³/mol. The summed E-state index contributed by atoms with van der Waals surface area (Å²) >= 11 is 0. The first kappa shape index (κ1) is 19.9. The number of rotatable bonds is 7. The molecule has 2 N–H and O–H groups in total. The Labute approximate surface area is 153 Å². The molecule has 1 aliphatic heterocycles. The summed E-state index contributed by atoms with van der Waals surface area (Å²) in [6.45, 7) is 3.98. The van der Waals surface area contributed by atoms with Crippen LogP contribution in [0.3, 0.4) is 0 Å². The topological polar surface area (TPSA) is 114 Å². The molecule has 1 aliphatic rings. The number of hydrogen-bond donors (Lipinski definition) is 2. The van der Waals surface area contributed by atoms with Crippen molar-refractivity contribution >= 4 is 27.7 Å². The van der Waals surface area contributed by atoms with Gasteiger partial charge in [0.05, 0.1) is 18.6 Å². The van der Waals surface area contributed by atoms with Crippen LogP contribution in [0.2, 0.25) is 0 Å². The van der Waals surface area contributed by atoms with Gasteiger partial charge in [0.1, 0.15) is 11.9 Å². The summed E-state index contributed by atoms with van der Waals surface area (Å²) in [6.07, 6.45) is 0.499. The average Bonchev–Trinajstić information content (AvgIpc) is 2.84. The highest BCUT2D eigenvalue weighted by Crippen LogP contribution is 2.22. The number of aliphatic imine (C=N–C) groups is 1.